The van der Waals surface area contributed by atoms with Crippen LogP contribution in [0.3, 0.4) is 0 Å². The van der Waals surface area contributed by atoms with Gasteiger partial charge in [-0.25, -0.2) is 9.59 Å². The van der Waals surface area contributed by atoms with Crippen molar-refractivity contribution in [2.24, 2.45) is 0 Å². The highest BCUT2D eigenvalue weighted by atomic mass is 32.2. The normalized spacial score (nSPS) is 10.3. The quantitative estimate of drug-likeness (QED) is 0.107. The molecule has 0 N–H and O–H groups in total. The number of carbonyl (C=O) groups is 2. The molecular formula is C30H30O6S2. The lowest BCUT2D eigenvalue weighted by Crippen LogP contribution is -2.06. The molecule has 0 aromatic heterocycles. The van der Waals surface area contributed by atoms with E-state index in [0.29, 0.717) is 39.3 Å². The maximum Gasteiger partial charge on any atom is 0.330 e. The predicted octanol–water partition coefficient (Wildman–Crippen LogP) is 6.99. The van der Waals surface area contributed by atoms with E-state index in [9.17, 15) is 9.59 Å². The summed E-state index contributed by atoms with van der Waals surface area (Å²) in [6, 6.07) is 24.3. The Hall–Kier alpha value is -3.62. The van der Waals surface area contributed by atoms with Crippen LogP contribution in [-0.4, -0.2) is 38.4 Å². The van der Waals surface area contributed by atoms with Gasteiger partial charge >= 0.3 is 11.9 Å². The molecule has 0 radical (unpaired) electrons. The summed E-state index contributed by atoms with van der Waals surface area (Å²) in [7, 11) is 0. The number of carbonyl (C=O) groups excluding carboxylic acids is 2. The maximum absolute atomic E-state index is 11.0. The molecule has 0 aliphatic heterocycles. The van der Waals surface area contributed by atoms with E-state index < -0.39 is 11.9 Å². The van der Waals surface area contributed by atoms with E-state index in [-0.39, 0.29) is 0 Å². The Kier molecular flexibility index (Phi) is 12.4. The molecule has 0 saturated heterocycles. The van der Waals surface area contributed by atoms with Crippen LogP contribution in [0.15, 0.2) is 118 Å². The zero-order valence-corrected chi connectivity index (χ0v) is 22.6. The van der Waals surface area contributed by atoms with E-state index in [1.807, 2.05) is 48.5 Å². The lowest BCUT2D eigenvalue weighted by molar-refractivity contribution is -0.138. The van der Waals surface area contributed by atoms with Gasteiger partial charge in [-0.1, -0.05) is 36.7 Å². The van der Waals surface area contributed by atoms with Crippen molar-refractivity contribution in [2.45, 2.75) is 32.4 Å². The zero-order chi connectivity index (χ0) is 27.0. The fourth-order valence-electron chi connectivity index (χ4n) is 3.02. The zero-order valence-electron chi connectivity index (χ0n) is 21.0. The van der Waals surface area contributed by atoms with Gasteiger partial charge in [0, 0.05) is 44.6 Å². The average molecular weight is 551 g/mol. The molecule has 6 nitrogen and oxygen atoms in total. The molecule has 0 atom stereocenters. The Morgan fingerprint density at radius 3 is 1.18 bits per heavy atom. The first-order chi connectivity index (χ1) is 18.6. The monoisotopic (exact) mass is 550 g/mol. The van der Waals surface area contributed by atoms with Crippen molar-refractivity contribution in [3.05, 3.63) is 98.1 Å². The molecule has 3 rings (SSSR count). The van der Waals surface area contributed by atoms with Gasteiger partial charge in [0.1, 0.15) is 11.5 Å². The van der Waals surface area contributed by atoms with Gasteiger partial charge < -0.3 is 18.9 Å². The summed E-state index contributed by atoms with van der Waals surface area (Å²) < 4.78 is 21.2. The van der Waals surface area contributed by atoms with Gasteiger partial charge in [-0.05, 0) is 72.8 Å². The Morgan fingerprint density at radius 1 is 0.553 bits per heavy atom. The number of hydrogen-bond acceptors (Lipinski definition) is 8. The van der Waals surface area contributed by atoms with Gasteiger partial charge in [0.15, 0.2) is 0 Å². The second kappa shape index (κ2) is 16.3. The van der Waals surface area contributed by atoms with Crippen molar-refractivity contribution in [1.82, 2.24) is 0 Å². The molecule has 0 unspecified atom stereocenters. The second-order valence-corrected chi connectivity index (χ2v) is 10.1. The first kappa shape index (κ1) is 28.9. The van der Waals surface area contributed by atoms with Crippen molar-refractivity contribution < 1.29 is 28.5 Å². The summed E-state index contributed by atoms with van der Waals surface area (Å²) in [5.74, 6) is 0.720. The van der Waals surface area contributed by atoms with Crippen LogP contribution in [0.5, 0.6) is 11.5 Å². The molecule has 3 aromatic rings. The number of hydrogen-bond donors (Lipinski definition) is 0. The van der Waals surface area contributed by atoms with E-state index in [1.165, 1.54) is 0 Å². The molecule has 0 spiro atoms. The van der Waals surface area contributed by atoms with Gasteiger partial charge in [-0.3, -0.25) is 0 Å². The standard InChI is InChI=1S/C30H30O6S2/c1-3-29(31)35-21-5-19-33-23-7-11-25(12-8-23)37-27-15-17-28(18-16-27)38-26-13-9-24(10-14-26)34-20-6-22-36-30(32)4-2/h3-4,7-18H,1-2,5-6,19-22H2. The van der Waals surface area contributed by atoms with E-state index in [0.717, 1.165) is 43.2 Å². The second-order valence-electron chi connectivity index (χ2n) is 7.77. The minimum atomic E-state index is -0.419. The van der Waals surface area contributed by atoms with Crippen molar-refractivity contribution in [1.29, 1.82) is 0 Å². The topological polar surface area (TPSA) is 71.1 Å². The van der Waals surface area contributed by atoms with Crippen LogP contribution in [0.4, 0.5) is 0 Å². The summed E-state index contributed by atoms with van der Waals surface area (Å²) in [6.45, 7) is 8.29. The first-order valence-corrected chi connectivity index (χ1v) is 13.7. The molecule has 0 fully saturated rings. The maximum atomic E-state index is 11.0. The third-order valence-corrected chi connectivity index (χ3v) is 6.91. The van der Waals surface area contributed by atoms with Crippen molar-refractivity contribution >= 4 is 35.5 Å². The summed E-state index contributed by atoms with van der Waals surface area (Å²) in [4.78, 5) is 26.5. The third kappa shape index (κ3) is 10.8. The Balaban J connectivity index is 1.38. The number of esters is 2. The largest absolute Gasteiger partial charge is 0.493 e. The van der Waals surface area contributed by atoms with Gasteiger partial charge in [-0.15, -0.1) is 0 Å². The van der Waals surface area contributed by atoms with Crippen molar-refractivity contribution in [2.75, 3.05) is 26.4 Å². The SMILES string of the molecule is C=CC(=O)OCCCOc1ccc(Sc2ccc(Sc3ccc(OCCCOC(=O)C=C)cc3)cc2)cc1. The highest BCUT2D eigenvalue weighted by Gasteiger charge is 2.03. The minimum absolute atomic E-state index is 0.310. The van der Waals surface area contributed by atoms with Gasteiger partial charge in [0.25, 0.3) is 0 Å². The number of rotatable bonds is 16. The summed E-state index contributed by atoms with van der Waals surface area (Å²) in [6.07, 6.45) is 3.54. The third-order valence-electron chi connectivity index (χ3n) is 4.88. The fourth-order valence-corrected chi connectivity index (χ4v) is 4.65. The molecule has 198 valence electrons. The van der Waals surface area contributed by atoms with Crippen LogP contribution >= 0.6 is 23.5 Å². The molecule has 8 heteroatoms. The van der Waals surface area contributed by atoms with E-state index >= 15 is 0 Å². The first-order valence-electron chi connectivity index (χ1n) is 12.1. The van der Waals surface area contributed by atoms with Crippen LogP contribution in [0.1, 0.15) is 12.8 Å². The van der Waals surface area contributed by atoms with E-state index in [2.05, 4.69) is 37.4 Å². The minimum Gasteiger partial charge on any atom is -0.493 e. The number of ether oxygens (including phenoxy) is 4. The molecule has 0 saturated carbocycles. The highest BCUT2D eigenvalue weighted by Crippen LogP contribution is 2.33. The fraction of sp³-hybridized carbons (Fsp3) is 0.200. The molecule has 3 aromatic carbocycles. The van der Waals surface area contributed by atoms with Crippen LogP contribution in [0, 0.1) is 0 Å². The Morgan fingerprint density at radius 2 is 0.868 bits per heavy atom. The molecule has 0 amide bonds. The molecule has 38 heavy (non-hydrogen) atoms. The van der Waals surface area contributed by atoms with Crippen LogP contribution in [-0.2, 0) is 19.1 Å². The smallest absolute Gasteiger partial charge is 0.330 e. The van der Waals surface area contributed by atoms with Gasteiger partial charge in [0.05, 0.1) is 26.4 Å². The lowest BCUT2D eigenvalue weighted by atomic mass is 10.3. The van der Waals surface area contributed by atoms with E-state index in [1.54, 1.807) is 23.5 Å². The summed E-state index contributed by atoms with van der Waals surface area (Å²) in [5, 5.41) is 0. The van der Waals surface area contributed by atoms with Gasteiger partial charge in [-0.2, -0.15) is 0 Å². The average Bonchev–Trinajstić information content (AvgIpc) is 2.95. The summed E-state index contributed by atoms with van der Waals surface area (Å²) >= 11 is 3.37. The molecule has 0 aliphatic carbocycles. The Labute approximate surface area is 232 Å². The van der Waals surface area contributed by atoms with Crippen LogP contribution < -0.4 is 9.47 Å². The van der Waals surface area contributed by atoms with Crippen molar-refractivity contribution in [3.63, 3.8) is 0 Å². The molecule has 0 heterocycles. The van der Waals surface area contributed by atoms with Crippen LogP contribution in [0.25, 0.3) is 0 Å². The van der Waals surface area contributed by atoms with Crippen LogP contribution in [0.2, 0.25) is 0 Å². The Bertz CT molecular complexity index is 1080. The predicted molar refractivity (Wildman–Crippen MR) is 150 cm³/mol. The van der Waals surface area contributed by atoms with E-state index in [4.69, 9.17) is 18.9 Å². The molecule has 0 bridgehead atoms. The summed E-state index contributed by atoms with van der Waals surface area (Å²) in [5.41, 5.74) is 0. The van der Waals surface area contributed by atoms with Gasteiger partial charge in [0.2, 0.25) is 0 Å². The number of benzene rings is 3. The highest BCUT2D eigenvalue weighted by molar-refractivity contribution is 7.99. The lowest BCUT2D eigenvalue weighted by Gasteiger charge is -2.08. The molecule has 0 aliphatic rings. The van der Waals surface area contributed by atoms with Crippen molar-refractivity contribution in [3.8, 4) is 11.5 Å². The molecular weight excluding hydrogens is 520 g/mol.